The first kappa shape index (κ1) is 16.0. The summed E-state index contributed by atoms with van der Waals surface area (Å²) in [6.07, 6.45) is 9.09. The number of hydrogen-bond donors (Lipinski definition) is 0. The highest BCUT2D eigenvalue weighted by atomic mass is 16.5. The molecular weight excluding hydrogens is 304 g/mol. The molecule has 1 amide bonds. The fourth-order valence-electron chi connectivity index (χ4n) is 3.97. The van der Waals surface area contributed by atoms with Crippen LogP contribution in [0.15, 0.2) is 18.5 Å². The summed E-state index contributed by atoms with van der Waals surface area (Å²) in [5.74, 6) is 0.621. The molecule has 0 aromatic carbocycles. The lowest BCUT2D eigenvalue weighted by Gasteiger charge is -2.54. The highest BCUT2D eigenvalue weighted by Crippen LogP contribution is 2.38. The summed E-state index contributed by atoms with van der Waals surface area (Å²) in [7, 11) is 0. The van der Waals surface area contributed by atoms with Gasteiger partial charge in [0.25, 0.3) is 0 Å². The lowest BCUT2D eigenvalue weighted by Crippen LogP contribution is -2.68. The van der Waals surface area contributed by atoms with Crippen LogP contribution in [0, 0.1) is 12.8 Å². The normalized spacial score (nSPS) is 26.0. The number of nitrogens with zero attached hydrogens (tertiary/aromatic N) is 2. The van der Waals surface area contributed by atoms with Crippen molar-refractivity contribution in [3.8, 4) is 0 Å². The molecule has 0 radical (unpaired) electrons. The first-order valence-electron chi connectivity index (χ1n) is 9.08. The number of aryl methyl sites for hydroxylation is 1. The summed E-state index contributed by atoms with van der Waals surface area (Å²) in [4.78, 5) is 18.5. The molecule has 5 heteroatoms. The summed E-state index contributed by atoms with van der Waals surface area (Å²) in [5, 5.41) is 0. The van der Waals surface area contributed by atoms with Crippen LogP contribution in [0.5, 0.6) is 0 Å². The average Bonchev–Trinajstić information content (AvgIpc) is 2.49. The van der Waals surface area contributed by atoms with Crippen molar-refractivity contribution in [3.63, 3.8) is 0 Å². The number of carbonyl (C=O) groups excluding carboxylic acids is 1. The van der Waals surface area contributed by atoms with Gasteiger partial charge in [-0.2, -0.15) is 0 Å². The molecule has 1 saturated carbocycles. The van der Waals surface area contributed by atoms with Crippen molar-refractivity contribution in [2.24, 2.45) is 5.92 Å². The van der Waals surface area contributed by atoms with Gasteiger partial charge in [0, 0.05) is 31.3 Å². The molecular formula is C19H26N2O3. The van der Waals surface area contributed by atoms with Crippen LogP contribution in [-0.2, 0) is 20.9 Å². The predicted octanol–water partition coefficient (Wildman–Crippen LogP) is 2.47. The van der Waals surface area contributed by atoms with E-state index in [1.165, 1.54) is 6.42 Å². The van der Waals surface area contributed by atoms with E-state index in [0.29, 0.717) is 12.5 Å². The third-order valence-electron chi connectivity index (χ3n) is 5.59. The fourth-order valence-corrected chi connectivity index (χ4v) is 3.97. The maximum absolute atomic E-state index is 12.3. The fraction of sp³-hybridized carbons (Fsp3) is 0.684. The van der Waals surface area contributed by atoms with Crippen LogP contribution >= 0.6 is 0 Å². The van der Waals surface area contributed by atoms with Crippen molar-refractivity contribution in [1.29, 1.82) is 0 Å². The van der Waals surface area contributed by atoms with Gasteiger partial charge in [0.2, 0.25) is 5.91 Å². The summed E-state index contributed by atoms with van der Waals surface area (Å²) in [6, 6.07) is 2.12. The van der Waals surface area contributed by atoms with Gasteiger partial charge >= 0.3 is 0 Å². The van der Waals surface area contributed by atoms with Gasteiger partial charge in [0.1, 0.15) is 5.60 Å². The lowest BCUT2D eigenvalue weighted by molar-refractivity contribution is -0.205. The number of aromatic nitrogens is 1. The van der Waals surface area contributed by atoms with Crippen LogP contribution in [0.25, 0.3) is 0 Å². The van der Waals surface area contributed by atoms with Crippen LogP contribution in [0.1, 0.15) is 43.2 Å². The number of rotatable bonds is 4. The molecule has 2 saturated heterocycles. The van der Waals surface area contributed by atoms with E-state index in [1.54, 1.807) is 0 Å². The summed E-state index contributed by atoms with van der Waals surface area (Å²) in [6.45, 7) is 4.85. The topological polar surface area (TPSA) is 51.7 Å². The van der Waals surface area contributed by atoms with Crippen molar-refractivity contribution in [2.75, 3.05) is 19.7 Å². The van der Waals surface area contributed by atoms with E-state index >= 15 is 0 Å². The van der Waals surface area contributed by atoms with Gasteiger partial charge in [-0.15, -0.1) is 0 Å². The number of carbonyl (C=O) groups is 1. The van der Waals surface area contributed by atoms with E-state index in [4.69, 9.17) is 9.47 Å². The van der Waals surface area contributed by atoms with E-state index in [9.17, 15) is 4.79 Å². The van der Waals surface area contributed by atoms with Crippen LogP contribution in [-0.4, -0.2) is 47.2 Å². The third kappa shape index (κ3) is 3.20. The molecule has 1 atom stereocenters. The molecule has 5 nitrogen and oxygen atoms in total. The molecule has 3 heterocycles. The Labute approximate surface area is 143 Å². The first-order chi connectivity index (χ1) is 11.6. The molecule has 0 N–H and O–H groups in total. The molecule has 4 rings (SSSR count). The first-order valence-corrected chi connectivity index (χ1v) is 9.08. The molecule has 2 aliphatic heterocycles. The zero-order chi connectivity index (χ0) is 16.6. The molecule has 3 fully saturated rings. The summed E-state index contributed by atoms with van der Waals surface area (Å²) < 4.78 is 12.1. The van der Waals surface area contributed by atoms with E-state index in [2.05, 4.69) is 11.1 Å². The largest absolute Gasteiger partial charge is 0.373 e. The minimum Gasteiger partial charge on any atom is -0.373 e. The second-order valence-corrected chi connectivity index (χ2v) is 7.65. The van der Waals surface area contributed by atoms with Crippen molar-refractivity contribution < 1.29 is 14.3 Å². The molecule has 1 aromatic rings. The monoisotopic (exact) mass is 330 g/mol. The maximum atomic E-state index is 12.3. The van der Waals surface area contributed by atoms with Gasteiger partial charge in [-0.1, -0.05) is 12.5 Å². The number of pyridine rings is 1. The zero-order valence-corrected chi connectivity index (χ0v) is 14.4. The summed E-state index contributed by atoms with van der Waals surface area (Å²) in [5.41, 5.74) is 2.11. The third-order valence-corrected chi connectivity index (χ3v) is 5.59. The second kappa shape index (κ2) is 6.45. The van der Waals surface area contributed by atoms with Crippen molar-refractivity contribution in [1.82, 2.24) is 9.88 Å². The van der Waals surface area contributed by atoms with E-state index < -0.39 is 0 Å². The zero-order valence-electron chi connectivity index (χ0n) is 14.4. The molecule has 130 valence electrons. The second-order valence-electron chi connectivity index (χ2n) is 7.65. The van der Waals surface area contributed by atoms with Crippen LogP contribution in [0.2, 0.25) is 0 Å². The minimum atomic E-state index is -0.160. The molecule has 0 bridgehead atoms. The Morgan fingerprint density at radius 2 is 2.21 bits per heavy atom. The summed E-state index contributed by atoms with van der Waals surface area (Å²) >= 11 is 0. The minimum absolute atomic E-state index is 0.160. The van der Waals surface area contributed by atoms with Crippen LogP contribution in [0.3, 0.4) is 0 Å². The van der Waals surface area contributed by atoms with Gasteiger partial charge in [-0.25, -0.2) is 0 Å². The van der Waals surface area contributed by atoms with Crippen LogP contribution in [0.4, 0.5) is 0 Å². The molecule has 24 heavy (non-hydrogen) atoms. The Balaban J connectivity index is 1.28. The predicted molar refractivity (Wildman–Crippen MR) is 89.4 cm³/mol. The van der Waals surface area contributed by atoms with Gasteiger partial charge in [-0.3, -0.25) is 9.78 Å². The SMILES string of the molecule is Cc1cncc(CO[C@H]2CCOC3(C2)CN(C(=O)C2CCC2)C3)c1. The van der Waals surface area contributed by atoms with Crippen LogP contribution < -0.4 is 0 Å². The highest BCUT2D eigenvalue weighted by molar-refractivity contribution is 5.80. The number of likely N-dealkylation sites (tertiary alicyclic amines) is 1. The maximum Gasteiger partial charge on any atom is 0.225 e. The average molecular weight is 330 g/mol. The molecule has 1 spiro atoms. The highest BCUT2D eigenvalue weighted by Gasteiger charge is 2.50. The van der Waals surface area contributed by atoms with E-state index in [0.717, 1.165) is 56.5 Å². The lowest BCUT2D eigenvalue weighted by atomic mass is 9.80. The Hall–Kier alpha value is -1.46. The quantitative estimate of drug-likeness (QED) is 0.851. The van der Waals surface area contributed by atoms with Crippen molar-refractivity contribution in [2.45, 2.75) is 57.3 Å². The Kier molecular flexibility index (Phi) is 4.31. The molecule has 1 aliphatic carbocycles. The molecule has 0 unspecified atom stereocenters. The van der Waals surface area contributed by atoms with Crippen molar-refractivity contribution in [3.05, 3.63) is 29.6 Å². The van der Waals surface area contributed by atoms with Gasteiger partial charge in [0.15, 0.2) is 0 Å². The smallest absolute Gasteiger partial charge is 0.225 e. The number of ether oxygens (including phenoxy) is 2. The van der Waals surface area contributed by atoms with Gasteiger partial charge in [0.05, 0.1) is 25.8 Å². The van der Waals surface area contributed by atoms with Gasteiger partial charge < -0.3 is 14.4 Å². The Morgan fingerprint density at radius 3 is 2.92 bits per heavy atom. The van der Waals surface area contributed by atoms with E-state index in [-0.39, 0.29) is 17.6 Å². The Morgan fingerprint density at radius 1 is 1.38 bits per heavy atom. The number of amides is 1. The standard InChI is InChI=1S/C19H26N2O3/c1-14-7-15(10-20-9-14)11-23-17-5-6-24-19(8-17)12-21(13-19)18(22)16-3-2-4-16/h7,9-10,16-17H,2-6,8,11-13H2,1H3/t17-/m0/s1. The Bertz CT molecular complexity index is 608. The van der Waals surface area contributed by atoms with E-state index in [1.807, 2.05) is 24.2 Å². The molecule has 1 aromatic heterocycles. The molecule has 3 aliphatic rings. The number of hydrogen-bond acceptors (Lipinski definition) is 4. The van der Waals surface area contributed by atoms with Gasteiger partial charge in [-0.05, 0) is 37.3 Å². The van der Waals surface area contributed by atoms with Crippen molar-refractivity contribution >= 4 is 5.91 Å².